The maximum atomic E-state index is 6.52. The lowest BCUT2D eigenvalue weighted by molar-refractivity contribution is 0.568. The molecule has 146 valence electrons. The molecule has 1 unspecified atom stereocenters. The molecule has 3 heterocycles. The zero-order chi connectivity index (χ0) is 20.3. The van der Waals surface area contributed by atoms with Crippen molar-refractivity contribution in [3.63, 3.8) is 0 Å². The van der Waals surface area contributed by atoms with Crippen LogP contribution >= 0.6 is 23.2 Å². The molecule has 2 aromatic carbocycles. The van der Waals surface area contributed by atoms with Gasteiger partial charge in [0, 0.05) is 33.2 Å². The Bertz CT molecular complexity index is 1250. The Morgan fingerprint density at radius 3 is 2.55 bits per heavy atom. The number of aryl methyl sites for hydroxylation is 2. The van der Waals surface area contributed by atoms with Gasteiger partial charge >= 0.3 is 0 Å². The van der Waals surface area contributed by atoms with Crippen molar-refractivity contribution in [2.24, 2.45) is 0 Å². The molecule has 0 bridgehead atoms. The molecule has 1 atom stereocenters. The van der Waals surface area contributed by atoms with Gasteiger partial charge in [-0.2, -0.15) is 5.10 Å². The van der Waals surface area contributed by atoms with Crippen LogP contribution in [-0.2, 0) is 0 Å². The van der Waals surface area contributed by atoms with E-state index in [0.717, 1.165) is 39.7 Å². The number of para-hydroxylation sites is 1. The summed E-state index contributed by atoms with van der Waals surface area (Å²) in [4.78, 5) is 0. The van der Waals surface area contributed by atoms with E-state index >= 15 is 0 Å². The molecule has 0 saturated carbocycles. The van der Waals surface area contributed by atoms with Crippen molar-refractivity contribution in [1.82, 2.24) is 14.3 Å². The van der Waals surface area contributed by atoms with Crippen LogP contribution in [0.15, 0.2) is 54.6 Å². The molecule has 4 aromatic rings. The number of aromatic nitrogens is 3. The number of anilines is 1. The fourth-order valence-corrected chi connectivity index (χ4v) is 4.76. The average Bonchev–Trinajstić information content (AvgIpc) is 3.21. The molecule has 1 aliphatic heterocycles. The first-order valence-electron chi connectivity index (χ1n) is 9.50. The van der Waals surface area contributed by atoms with E-state index in [4.69, 9.17) is 28.3 Å². The van der Waals surface area contributed by atoms with Gasteiger partial charge in [0.25, 0.3) is 0 Å². The van der Waals surface area contributed by atoms with Gasteiger partial charge in [0.1, 0.15) is 6.17 Å². The smallest absolute Gasteiger partial charge is 0.149 e. The highest BCUT2D eigenvalue weighted by molar-refractivity contribution is 6.35. The molecule has 5 rings (SSSR count). The topological polar surface area (TPSA) is 34.8 Å². The van der Waals surface area contributed by atoms with Crippen molar-refractivity contribution >= 4 is 28.9 Å². The minimum absolute atomic E-state index is 0.0976. The maximum absolute atomic E-state index is 6.52. The van der Waals surface area contributed by atoms with Crippen molar-refractivity contribution in [2.45, 2.75) is 26.9 Å². The summed E-state index contributed by atoms with van der Waals surface area (Å²) in [6.45, 7) is 6.24. The van der Waals surface area contributed by atoms with Crippen LogP contribution in [0.2, 0.25) is 10.0 Å². The molecule has 2 aromatic heterocycles. The molecule has 29 heavy (non-hydrogen) atoms. The quantitative estimate of drug-likeness (QED) is 0.397. The van der Waals surface area contributed by atoms with Crippen LogP contribution in [0.5, 0.6) is 0 Å². The van der Waals surface area contributed by atoms with Crippen LogP contribution in [0, 0.1) is 20.8 Å². The van der Waals surface area contributed by atoms with Gasteiger partial charge in [-0.1, -0.05) is 41.4 Å². The van der Waals surface area contributed by atoms with Crippen LogP contribution < -0.4 is 5.32 Å². The number of benzene rings is 2. The van der Waals surface area contributed by atoms with Crippen molar-refractivity contribution in [3.05, 3.63) is 87.3 Å². The first-order valence-corrected chi connectivity index (χ1v) is 10.3. The van der Waals surface area contributed by atoms with E-state index in [9.17, 15) is 0 Å². The third kappa shape index (κ3) is 2.86. The number of fused-ring (bicyclic) bond motifs is 3. The lowest BCUT2D eigenvalue weighted by Gasteiger charge is -2.29. The highest BCUT2D eigenvalue weighted by Crippen LogP contribution is 2.40. The third-order valence-corrected chi connectivity index (χ3v) is 6.05. The molecule has 4 nitrogen and oxygen atoms in total. The summed E-state index contributed by atoms with van der Waals surface area (Å²) < 4.78 is 4.25. The van der Waals surface area contributed by atoms with Gasteiger partial charge in [-0.15, -0.1) is 0 Å². The molecular formula is C23H20Cl2N4. The van der Waals surface area contributed by atoms with Gasteiger partial charge in [0.2, 0.25) is 0 Å². The van der Waals surface area contributed by atoms with Crippen LogP contribution in [0.25, 0.3) is 16.9 Å². The monoisotopic (exact) mass is 422 g/mol. The number of nitrogens with one attached hydrogen (secondary N) is 1. The van der Waals surface area contributed by atoms with Crippen molar-refractivity contribution in [3.8, 4) is 16.9 Å². The Labute approximate surface area is 179 Å². The Morgan fingerprint density at radius 2 is 1.76 bits per heavy atom. The van der Waals surface area contributed by atoms with E-state index in [1.165, 1.54) is 5.56 Å². The number of rotatable bonds is 2. The van der Waals surface area contributed by atoms with E-state index in [2.05, 4.69) is 64.8 Å². The number of hydrogen-bond donors (Lipinski definition) is 1. The van der Waals surface area contributed by atoms with Crippen LogP contribution in [0.1, 0.15) is 28.8 Å². The van der Waals surface area contributed by atoms with Crippen molar-refractivity contribution < 1.29 is 0 Å². The van der Waals surface area contributed by atoms with Crippen molar-refractivity contribution in [2.75, 3.05) is 5.32 Å². The predicted octanol–water partition coefficient (Wildman–Crippen LogP) is 6.55. The summed E-state index contributed by atoms with van der Waals surface area (Å²) in [6, 6.07) is 18.3. The average molecular weight is 423 g/mol. The minimum atomic E-state index is -0.0976. The fraction of sp³-hybridized carbons (Fsp3) is 0.174. The summed E-state index contributed by atoms with van der Waals surface area (Å²) >= 11 is 12.6. The summed E-state index contributed by atoms with van der Waals surface area (Å²) in [5, 5.41) is 9.72. The van der Waals surface area contributed by atoms with E-state index in [1.807, 2.05) is 19.1 Å². The Kier molecular flexibility index (Phi) is 4.23. The molecular weight excluding hydrogens is 403 g/mol. The van der Waals surface area contributed by atoms with E-state index in [1.54, 1.807) is 6.07 Å². The Balaban J connectivity index is 1.68. The van der Waals surface area contributed by atoms with Gasteiger partial charge in [0.15, 0.2) is 0 Å². The van der Waals surface area contributed by atoms with E-state index in [0.29, 0.717) is 10.0 Å². The van der Waals surface area contributed by atoms with Gasteiger partial charge in [-0.3, -0.25) is 0 Å². The zero-order valence-corrected chi connectivity index (χ0v) is 17.9. The minimum Gasteiger partial charge on any atom is -0.359 e. The molecule has 0 radical (unpaired) electrons. The fourth-order valence-electron chi connectivity index (χ4n) is 4.26. The van der Waals surface area contributed by atoms with Crippen LogP contribution in [-0.4, -0.2) is 14.3 Å². The molecule has 1 aliphatic rings. The molecule has 6 heteroatoms. The summed E-state index contributed by atoms with van der Waals surface area (Å²) in [6.07, 6.45) is -0.0976. The highest BCUT2D eigenvalue weighted by atomic mass is 35.5. The largest absolute Gasteiger partial charge is 0.359 e. The normalized spacial score (nSPS) is 15.0. The van der Waals surface area contributed by atoms with Gasteiger partial charge in [-0.25, -0.2) is 4.68 Å². The standard InChI is InChI=1S/C23H20Cl2N4/c1-13-10-22-17-6-4-5-7-20(17)26-23(29(22)27-13)18-11-14(2)28(15(18)3)21-9-8-16(24)12-19(21)25/h4-12,23,26H,1-3H3. The molecule has 0 fully saturated rings. The van der Waals surface area contributed by atoms with Gasteiger partial charge < -0.3 is 9.88 Å². The first-order chi connectivity index (χ1) is 13.9. The second kappa shape index (κ2) is 6.68. The molecule has 0 spiro atoms. The van der Waals surface area contributed by atoms with E-state index in [-0.39, 0.29) is 6.17 Å². The second-order valence-electron chi connectivity index (χ2n) is 7.47. The van der Waals surface area contributed by atoms with Crippen LogP contribution in [0.3, 0.4) is 0 Å². The zero-order valence-electron chi connectivity index (χ0n) is 16.4. The SMILES string of the molecule is Cc1cc2n(n1)C(c1cc(C)n(-c3ccc(Cl)cc3Cl)c1C)Nc1ccccc1-2. The number of hydrogen-bond acceptors (Lipinski definition) is 2. The molecule has 1 N–H and O–H groups in total. The Hall–Kier alpha value is -2.69. The molecule has 0 amide bonds. The predicted molar refractivity (Wildman–Crippen MR) is 119 cm³/mol. The highest BCUT2D eigenvalue weighted by Gasteiger charge is 2.29. The van der Waals surface area contributed by atoms with Gasteiger partial charge in [0.05, 0.1) is 22.1 Å². The molecule has 0 saturated heterocycles. The number of nitrogens with zero attached hydrogens (tertiary/aromatic N) is 3. The summed E-state index contributed by atoms with van der Waals surface area (Å²) in [7, 11) is 0. The second-order valence-corrected chi connectivity index (χ2v) is 8.31. The lowest BCUT2D eigenvalue weighted by Crippen LogP contribution is -2.26. The van der Waals surface area contributed by atoms with E-state index < -0.39 is 0 Å². The Morgan fingerprint density at radius 1 is 0.966 bits per heavy atom. The molecule has 0 aliphatic carbocycles. The lowest BCUT2D eigenvalue weighted by atomic mass is 10.0. The number of halogens is 2. The summed E-state index contributed by atoms with van der Waals surface area (Å²) in [5.74, 6) is 0. The van der Waals surface area contributed by atoms with Crippen LogP contribution in [0.4, 0.5) is 5.69 Å². The first kappa shape index (κ1) is 18.3. The third-order valence-electron chi connectivity index (χ3n) is 5.51. The van der Waals surface area contributed by atoms with Crippen molar-refractivity contribution in [1.29, 1.82) is 0 Å². The van der Waals surface area contributed by atoms with Gasteiger partial charge in [-0.05, 0) is 57.2 Å². The maximum Gasteiger partial charge on any atom is 0.149 e. The summed E-state index contributed by atoms with van der Waals surface area (Å²) in [5.41, 5.74) is 8.70.